The van der Waals surface area contributed by atoms with E-state index >= 15 is 0 Å². The van der Waals surface area contributed by atoms with E-state index < -0.39 is 41.8 Å². The quantitative estimate of drug-likeness (QED) is 0.247. The molecule has 2 aromatic carbocycles. The lowest BCUT2D eigenvalue weighted by atomic mass is 10.2. The average molecular weight is 542 g/mol. The predicted molar refractivity (Wildman–Crippen MR) is 143 cm³/mol. The number of hydrogen-bond acceptors (Lipinski definition) is 7. The summed E-state index contributed by atoms with van der Waals surface area (Å²) in [5.41, 5.74) is 6.67. The van der Waals surface area contributed by atoms with Crippen LogP contribution in [0, 0.1) is 0 Å². The topological polar surface area (TPSA) is 162 Å². The summed E-state index contributed by atoms with van der Waals surface area (Å²) in [6, 6.07) is 16.8. The highest BCUT2D eigenvalue weighted by Crippen LogP contribution is 2.09. The van der Waals surface area contributed by atoms with Gasteiger partial charge in [-0.25, -0.2) is 19.3 Å². The van der Waals surface area contributed by atoms with Crippen LogP contribution in [0.25, 0.3) is 0 Å². The highest BCUT2D eigenvalue weighted by atomic mass is 16.6. The maximum atomic E-state index is 13.0. The molecule has 0 saturated heterocycles. The van der Waals surface area contributed by atoms with Crippen LogP contribution in [0.4, 0.5) is 14.4 Å². The molecule has 0 aromatic heterocycles. The summed E-state index contributed by atoms with van der Waals surface area (Å²) in [5, 5.41) is 4.92. The third-order valence-corrected chi connectivity index (χ3v) is 5.01. The average Bonchev–Trinajstić information content (AvgIpc) is 2.89. The van der Waals surface area contributed by atoms with Crippen molar-refractivity contribution in [2.45, 2.75) is 52.0 Å². The normalized spacial score (nSPS) is 12.1. The van der Waals surface area contributed by atoms with Crippen LogP contribution >= 0.6 is 0 Å². The number of carbonyl (C=O) groups excluding carboxylic acids is 4. The van der Waals surface area contributed by atoms with E-state index in [0.717, 1.165) is 16.0 Å². The second-order valence-electron chi connectivity index (χ2n) is 9.30. The second-order valence-corrected chi connectivity index (χ2v) is 9.30. The molecule has 1 atom stereocenters. The zero-order valence-corrected chi connectivity index (χ0v) is 22.5. The van der Waals surface area contributed by atoms with Crippen molar-refractivity contribution in [2.24, 2.45) is 10.7 Å². The Morgan fingerprint density at radius 3 is 1.97 bits per heavy atom. The Balaban J connectivity index is 2.15. The van der Waals surface area contributed by atoms with Crippen LogP contribution in [0.2, 0.25) is 0 Å². The fourth-order valence-corrected chi connectivity index (χ4v) is 3.15. The monoisotopic (exact) mass is 541 g/mol. The van der Waals surface area contributed by atoms with E-state index in [-0.39, 0.29) is 26.2 Å². The molecule has 0 heterocycles. The molecule has 4 N–H and O–H groups in total. The lowest BCUT2D eigenvalue weighted by Gasteiger charge is -2.25. The molecule has 39 heavy (non-hydrogen) atoms. The zero-order valence-electron chi connectivity index (χ0n) is 22.5. The van der Waals surface area contributed by atoms with Crippen LogP contribution in [0.5, 0.6) is 0 Å². The summed E-state index contributed by atoms with van der Waals surface area (Å²) in [6.07, 6.45) is -2.86. The number of rotatable bonds is 9. The van der Waals surface area contributed by atoms with Gasteiger partial charge in [-0.1, -0.05) is 60.7 Å². The molecule has 12 heteroatoms. The highest BCUT2D eigenvalue weighted by molar-refractivity contribution is 5.98. The van der Waals surface area contributed by atoms with E-state index in [4.69, 9.17) is 19.9 Å². The summed E-state index contributed by atoms with van der Waals surface area (Å²) in [7, 11) is 1.40. The van der Waals surface area contributed by atoms with Gasteiger partial charge >= 0.3 is 18.3 Å². The Kier molecular flexibility index (Phi) is 11.7. The van der Waals surface area contributed by atoms with Crippen molar-refractivity contribution in [1.29, 1.82) is 0 Å². The smallest absolute Gasteiger partial charge is 0.437 e. The first-order chi connectivity index (χ1) is 18.5. The first-order valence-corrected chi connectivity index (χ1v) is 12.2. The first kappa shape index (κ1) is 30.6. The van der Waals surface area contributed by atoms with Gasteiger partial charge < -0.3 is 30.6 Å². The predicted octanol–water partition coefficient (Wildman–Crippen LogP) is 3.31. The van der Waals surface area contributed by atoms with E-state index in [1.54, 1.807) is 69.3 Å². The van der Waals surface area contributed by atoms with Gasteiger partial charge in [0.25, 0.3) is 0 Å². The number of carbonyl (C=O) groups is 4. The number of aliphatic imine (C=N–C) groups is 1. The fourth-order valence-electron chi connectivity index (χ4n) is 3.15. The molecule has 0 aliphatic rings. The fraction of sp³-hybridized carbons (Fsp3) is 0.370. The number of alkyl carbamates (subject to hydrolysis) is 1. The van der Waals surface area contributed by atoms with Crippen molar-refractivity contribution in [1.82, 2.24) is 15.5 Å². The first-order valence-electron chi connectivity index (χ1n) is 12.2. The molecule has 0 aliphatic heterocycles. The van der Waals surface area contributed by atoms with Gasteiger partial charge in [0.05, 0.1) is 0 Å². The molecular weight excluding hydrogens is 506 g/mol. The van der Waals surface area contributed by atoms with Gasteiger partial charge in [0.15, 0.2) is 0 Å². The third kappa shape index (κ3) is 11.5. The third-order valence-electron chi connectivity index (χ3n) is 5.01. The lowest BCUT2D eigenvalue weighted by molar-refractivity contribution is -0.122. The molecule has 0 saturated carbocycles. The molecule has 0 fully saturated rings. The van der Waals surface area contributed by atoms with Gasteiger partial charge in [0.2, 0.25) is 11.9 Å². The Labute approximate surface area is 227 Å². The van der Waals surface area contributed by atoms with Gasteiger partial charge in [0, 0.05) is 13.6 Å². The van der Waals surface area contributed by atoms with Crippen molar-refractivity contribution < 1.29 is 33.4 Å². The minimum absolute atomic E-state index is 0.0482. The van der Waals surface area contributed by atoms with Gasteiger partial charge in [-0.2, -0.15) is 0 Å². The summed E-state index contributed by atoms with van der Waals surface area (Å²) in [6.45, 7) is 4.69. The van der Waals surface area contributed by atoms with Gasteiger partial charge in [-0.15, -0.1) is 4.99 Å². The SMILES string of the molecule is CNC(=O)[C@H](CCN(C(=O)OCc1ccccc1)C(N)=NC(=O)OCc1ccccc1)NC(=O)OC(C)(C)C. The maximum Gasteiger partial charge on any atom is 0.437 e. The molecular formula is C27H35N5O7. The molecule has 0 unspecified atom stereocenters. The van der Waals surface area contributed by atoms with Crippen molar-refractivity contribution in [3.05, 3.63) is 71.8 Å². The zero-order chi connectivity index (χ0) is 28.8. The number of guanidine groups is 1. The standard InChI is InChI=1S/C27H35N5O7/c1-27(2,3)39-25(35)30-21(22(33)29-4)15-16-32(26(36)38-18-20-13-9-6-10-14-20)23(28)31-24(34)37-17-19-11-7-5-8-12-19/h5-14,21H,15-18H2,1-4H3,(H,29,33)(H,30,35)(H2,28,31,34)/t21-/m0/s1. The second kappa shape index (κ2) is 15.0. The van der Waals surface area contributed by atoms with E-state index in [1.807, 2.05) is 12.1 Å². The molecule has 0 bridgehead atoms. The van der Waals surface area contributed by atoms with Crippen molar-refractivity contribution in [2.75, 3.05) is 13.6 Å². The van der Waals surface area contributed by atoms with Crippen LogP contribution in [-0.2, 0) is 32.2 Å². The van der Waals surface area contributed by atoms with Crippen molar-refractivity contribution >= 4 is 30.1 Å². The molecule has 0 radical (unpaired) electrons. The van der Waals surface area contributed by atoms with E-state index in [0.29, 0.717) is 0 Å². The van der Waals surface area contributed by atoms with E-state index in [9.17, 15) is 19.2 Å². The number of hydrogen-bond donors (Lipinski definition) is 3. The minimum atomic E-state index is -1.09. The summed E-state index contributed by atoms with van der Waals surface area (Å²) < 4.78 is 15.7. The largest absolute Gasteiger partial charge is 0.444 e. The number of nitrogens with two attached hydrogens (primary N) is 1. The Morgan fingerprint density at radius 2 is 1.46 bits per heavy atom. The number of amides is 4. The Bertz CT molecular complexity index is 1130. The molecule has 12 nitrogen and oxygen atoms in total. The molecule has 0 spiro atoms. The molecule has 4 amide bonds. The van der Waals surface area contributed by atoms with Gasteiger partial charge in [-0.05, 0) is 38.3 Å². The summed E-state index contributed by atoms with van der Waals surface area (Å²) >= 11 is 0. The lowest BCUT2D eigenvalue weighted by Crippen LogP contribution is -2.50. The number of nitrogens with one attached hydrogen (secondary N) is 2. The molecule has 2 aromatic rings. The van der Waals surface area contributed by atoms with Crippen molar-refractivity contribution in [3.63, 3.8) is 0 Å². The Morgan fingerprint density at radius 1 is 0.923 bits per heavy atom. The van der Waals surface area contributed by atoms with E-state index in [2.05, 4.69) is 15.6 Å². The van der Waals surface area contributed by atoms with Crippen LogP contribution in [-0.4, -0.2) is 60.3 Å². The van der Waals surface area contributed by atoms with Crippen LogP contribution in [0.1, 0.15) is 38.3 Å². The number of nitrogens with zero attached hydrogens (tertiary/aromatic N) is 2. The van der Waals surface area contributed by atoms with Crippen LogP contribution < -0.4 is 16.4 Å². The van der Waals surface area contributed by atoms with Crippen molar-refractivity contribution in [3.8, 4) is 0 Å². The molecule has 0 aliphatic carbocycles. The number of likely N-dealkylation sites (N-methyl/N-ethyl adjacent to an activating group) is 1. The summed E-state index contributed by atoms with van der Waals surface area (Å²) in [4.78, 5) is 54.5. The summed E-state index contributed by atoms with van der Waals surface area (Å²) in [5.74, 6) is -1.03. The van der Waals surface area contributed by atoms with Crippen LogP contribution in [0.3, 0.4) is 0 Å². The van der Waals surface area contributed by atoms with E-state index in [1.165, 1.54) is 7.05 Å². The maximum absolute atomic E-state index is 13.0. The molecule has 210 valence electrons. The highest BCUT2D eigenvalue weighted by Gasteiger charge is 2.27. The van der Waals surface area contributed by atoms with Crippen LogP contribution in [0.15, 0.2) is 65.7 Å². The number of benzene rings is 2. The van der Waals surface area contributed by atoms with Gasteiger partial charge in [-0.3, -0.25) is 4.79 Å². The minimum Gasteiger partial charge on any atom is -0.444 e. The van der Waals surface area contributed by atoms with Gasteiger partial charge in [0.1, 0.15) is 24.9 Å². The molecule has 2 rings (SSSR count). The number of ether oxygens (including phenoxy) is 3. The Hall–Kier alpha value is -4.61.